The van der Waals surface area contributed by atoms with E-state index >= 15 is 0 Å². The second kappa shape index (κ2) is 3.82. The van der Waals surface area contributed by atoms with Crippen LogP contribution in [0.15, 0.2) is 17.5 Å². The lowest BCUT2D eigenvalue weighted by Crippen LogP contribution is -2.06. The molecule has 0 radical (unpaired) electrons. The molecule has 0 unspecified atom stereocenters. The van der Waals surface area contributed by atoms with Gasteiger partial charge in [-0.2, -0.15) is 0 Å². The molecule has 0 aliphatic carbocycles. The molecule has 0 saturated carbocycles. The molecule has 0 saturated heterocycles. The quantitative estimate of drug-likeness (QED) is 0.666. The van der Waals surface area contributed by atoms with E-state index in [4.69, 9.17) is 18.0 Å². The summed E-state index contributed by atoms with van der Waals surface area (Å²) in [4.78, 5) is 1.47. The Morgan fingerprint density at radius 2 is 2.33 bits per heavy atom. The molecular weight excluding hydrogens is 174 g/mol. The average Bonchev–Trinajstić information content (AvgIpc) is 2.12. The lowest BCUT2D eigenvalue weighted by atomic mass is 10.5. The Morgan fingerprint density at radius 1 is 1.67 bits per heavy atom. The van der Waals surface area contributed by atoms with E-state index in [1.807, 2.05) is 17.5 Å². The summed E-state index contributed by atoms with van der Waals surface area (Å²) >= 11 is 6.27. The van der Waals surface area contributed by atoms with Gasteiger partial charge in [0.25, 0.3) is 0 Å². The maximum absolute atomic E-state index is 5.30. The largest absolute Gasteiger partial charge is 0.389 e. The summed E-state index contributed by atoms with van der Waals surface area (Å²) in [6.07, 6.45) is 0. The SMILES string of the molecule is Cl.NC(=S)c1cccs1. The normalized spacial score (nSPS) is 8.00. The second-order valence-corrected chi connectivity index (χ2v) is 2.73. The molecule has 2 N–H and O–H groups in total. The standard InChI is InChI=1S/C5H5NS2.ClH/c6-5(7)4-2-1-3-8-4;/h1-3H,(H2,6,7);1H. The molecule has 9 heavy (non-hydrogen) atoms. The molecular formula is C5H6ClNS2. The fourth-order valence-electron chi connectivity index (χ4n) is 0.419. The van der Waals surface area contributed by atoms with Crippen LogP contribution in [0.4, 0.5) is 0 Å². The van der Waals surface area contributed by atoms with Crippen LogP contribution in [0.1, 0.15) is 4.88 Å². The van der Waals surface area contributed by atoms with Crippen LogP contribution < -0.4 is 5.73 Å². The van der Waals surface area contributed by atoms with E-state index in [9.17, 15) is 0 Å². The predicted octanol–water partition coefficient (Wildman–Crippen LogP) is 1.80. The first-order valence-electron chi connectivity index (χ1n) is 2.14. The van der Waals surface area contributed by atoms with Gasteiger partial charge in [-0.25, -0.2) is 0 Å². The number of hydrogen-bond donors (Lipinski definition) is 1. The number of rotatable bonds is 1. The van der Waals surface area contributed by atoms with E-state index in [0.29, 0.717) is 4.99 Å². The van der Waals surface area contributed by atoms with Crippen molar-refractivity contribution in [2.75, 3.05) is 0 Å². The minimum Gasteiger partial charge on any atom is -0.389 e. The van der Waals surface area contributed by atoms with Gasteiger partial charge in [-0.1, -0.05) is 18.3 Å². The highest BCUT2D eigenvalue weighted by Crippen LogP contribution is 2.06. The van der Waals surface area contributed by atoms with Crippen LogP contribution in [0.5, 0.6) is 0 Å². The lowest BCUT2D eigenvalue weighted by molar-refractivity contribution is 1.79. The highest BCUT2D eigenvalue weighted by atomic mass is 35.5. The van der Waals surface area contributed by atoms with Gasteiger partial charge in [0.05, 0.1) is 4.88 Å². The topological polar surface area (TPSA) is 26.0 Å². The van der Waals surface area contributed by atoms with E-state index in [2.05, 4.69) is 0 Å². The fraction of sp³-hybridized carbons (Fsp3) is 0. The first-order chi connectivity index (χ1) is 3.80. The van der Waals surface area contributed by atoms with E-state index in [0.717, 1.165) is 4.88 Å². The lowest BCUT2D eigenvalue weighted by Gasteiger charge is -1.84. The fourth-order valence-corrected chi connectivity index (χ4v) is 1.21. The van der Waals surface area contributed by atoms with Gasteiger partial charge in [0.1, 0.15) is 4.99 Å². The van der Waals surface area contributed by atoms with Gasteiger partial charge in [0.2, 0.25) is 0 Å². The highest BCUT2D eigenvalue weighted by Gasteiger charge is 1.91. The molecule has 0 amide bonds. The summed E-state index contributed by atoms with van der Waals surface area (Å²) in [7, 11) is 0. The molecule has 0 aromatic carbocycles. The number of nitrogens with two attached hydrogens (primary N) is 1. The van der Waals surface area contributed by atoms with Gasteiger partial charge in [-0.05, 0) is 11.4 Å². The smallest absolute Gasteiger partial charge is 0.114 e. The molecule has 0 bridgehead atoms. The molecule has 1 aromatic heterocycles. The van der Waals surface area contributed by atoms with Gasteiger partial charge in [-0.15, -0.1) is 23.7 Å². The van der Waals surface area contributed by atoms with Gasteiger partial charge < -0.3 is 5.73 Å². The Hall–Kier alpha value is -0.120. The summed E-state index contributed by atoms with van der Waals surface area (Å²) in [6.45, 7) is 0. The predicted molar refractivity (Wildman–Crippen MR) is 47.5 cm³/mol. The summed E-state index contributed by atoms with van der Waals surface area (Å²) in [5, 5.41) is 1.95. The maximum Gasteiger partial charge on any atom is 0.114 e. The minimum atomic E-state index is 0. The van der Waals surface area contributed by atoms with Crippen molar-refractivity contribution in [3.63, 3.8) is 0 Å². The highest BCUT2D eigenvalue weighted by molar-refractivity contribution is 7.81. The van der Waals surface area contributed by atoms with Crippen molar-refractivity contribution in [1.29, 1.82) is 0 Å². The Morgan fingerprint density at radius 3 is 2.56 bits per heavy atom. The van der Waals surface area contributed by atoms with Crippen molar-refractivity contribution in [1.82, 2.24) is 0 Å². The molecule has 0 spiro atoms. The number of thiophene rings is 1. The van der Waals surface area contributed by atoms with E-state index in [1.54, 1.807) is 11.3 Å². The molecule has 1 aromatic rings. The molecule has 0 atom stereocenters. The Balaban J connectivity index is 0.000000640. The van der Waals surface area contributed by atoms with E-state index in [-0.39, 0.29) is 12.4 Å². The van der Waals surface area contributed by atoms with Gasteiger partial charge >= 0.3 is 0 Å². The summed E-state index contributed by atoms with van der Waals surface area (Å²) < 4.78 is 0. The molecule has 1 nitrogen and oxygen atoms in total. The van der Waals surface area contributed by atoms with Crippen molar-refractivity contribution in [3.05, 3.63) is 22.4 Å². The van der Waals surface area contributed by atoms with Gasteiger partial charge in [-0.3, -0.25) is 0 Å². The zero-order valence-electron chi connectivity index (χ0n) is 4.53. The first kappa shape index (κ1) is 8.88. The van der Waals surface area contributed by atoms with E-state index < -0.39 is 0 Å². The van der Waals surface area contributed by atoms with Crippen molar-refractivity contribution >= 4 is 41.0 Å². The van der Waals surface area contributed by atoms with Crippen LogP contribution in [0.25, 0.3) is 0 Å². The molecule has 1 heterocycles. The second-order valence-electron chi connectivity index (χ2n) is 1.34. The Labute approximate surface area is 69.3 Å². The number of hydrogen-bond acceptors (Lipinski definition) is 2. The molecule has 0 fully saturated rings. The summed E-state index contributed by atoms with van der Waals surface area (Å²) in [5.41, 5.74) is 5.30. The molecule has 1 rings (SSSR count). The van der Waals surface area contributed by atoms with Crippen LogP contribution in [-0.4, -0.2) is 4.99 Å². The van der Waals surface area contributed by atoms with Gasteiger partial charge in [0, 0.05) is 0 Å². The summed E-state index contributed by atoms with van der Waals surface area (Å²) in [6, 6.07) is 3.84. The van der Waals surface area contributed by atoms with Crippen molar-refractivity contribution < 1.29 is 0 Å². The van der Waals surface area contributed by atoms with Crippen LogP contribution in [0.2, 0.25) is 0 Å². The number of thiocarbonyl (C=S) groups is 1. The molecule has 50 valence electrons. The third-order valence-corrected chi connectivity index (χ3v) is 2.02. The van der Waals surface area contributed by atoms with Crippen molar-refractivity contribution in [2.45, 2.75) is 0 Å². The third-order valence-electron chi connectivity index (χ3n) is 0.764. The first-order valence-corrected chi connectivity index (χ1v) is 3.43. The minimum absolute atomic E-state index is 0. The number of halogens is 1. The molecule has 0 aliphatic rings. The van der Waals surface area contributed by atoms with Crippen LogP contribution >= 0.6 is 36.0 Å². The molecule has 4 heteroatoms. The van der Waals surface area contributed by atoms with Crippen LogP contribution in [-0.2, 0) is 0 Å². The average molecular weight is 180 g/mol. The zero-order valence-corrected chi connectivity index (χ0v) is 6.98. The molecule has 0 aliphatic heterocycles. The third kappa shape index (κ3) is 2.30. The van der Waals surface area contributed by atoms with Crippen molar-refractivity contribution in [3.8, 4) is 0 Å². The van der Waals surface area contributed by atoms with Crippen LogP contribution in [0, 0.1) is 0 Å². The monoisotopic (exact) mass is 179 g/mol. The van der Waals surface area contributed by atoms with Crippen LogP contribution in [0.3, 0.4) is 0 Å². The van der Waals surface area contributed by atoms with E-state index in [1.165, 1.54) is 0 Å². The Kier molecular flexibility index (Phi) is 3.77. The maximum atomic E-state index is 5.30. The Bertz CT molecular complexity index is 183. The van der Waals surface area contributed by atoms with Crippen molar-refractivity contribution in [2.24, 2.45) is 5.73 Å². The summed E-state index contributed by atoms with van der Waals surface area (Å²) in [5.74, 6) is 0. The zero-order chi connectivity index (χ0) is 5.98. The van der Waals surface area contributed by atoms with Gasteiger partial charge in [0.15, 0.2) is 0 Å².